The van der Waals surface area contributed by atoms with Crippen LogP contribution in [0, 0.1) is 0 Å². The molecule has 0 unspecified atom stereocenters. The van der Waals surface area contributed by atoms with E-state index in [0.717, 1.165) is 17.7 Å². The summed E-state index contributed by atoms with van der Waals surface area (Å²) in [6, 6.07) is 7.76. The number of amides is 1. The van der Waals surface area contributed by atoms with Gasteiger partial charge < -0.3 is 9.64 Å². The Morgan fingerprint density at radius 1 is 1.24 bits per heavy atom. The standard InChI is InChI=1S/C18H24N4O3/c1-3-10-22-18(24)21-12-11-20(13-16(21)19-22)17(23)9-6-14-4-7-15(25-2)8-5-14/h4-5,7-8H,3,6,9-13H2,1-2H3. The quantitative estimate of drug-likeness (QED) is 0.795. The van der Waals surface area contributed by atoms with E-state index in [1.165, 1.54) is 4.68 Å². The average Bonchev–Trinajstić information content (AvgIpc) is 2.95. The molecule has 1 aliphatic heterocycles. The van der Waals surface area contributed by atoms with Crippen molar-refractivity contribution in [3.63, 3.8) is 0 Å². The molecular formula is C18H24N4O3. The molecule has 1 aromatic carbocycles. The van der Waals surface area contributed by atoms with Gasteiger partial charge >= 0.3 is 5.69 Å². The fourth-order valence-corrected chi connectivity index (χ4v) is 3.07. The van der Waals surface area contributed by atoms with E-state index in [-0.39, 0.29) is 11.6 Å². The Balaban J connectivity index is 1.60. The Morgan fingerprint density at radius 2 is 2.00 bits per heavy atom. The third-order valence-corrected chi connectivity index (χ3v) is 4.50. The van der Waals surface area contributed by atoms with Crippen molar-refractivity contribution in [3.05, 3.63) is 46.1 Å². The van der Waals surface area contributed by atoms with E-state index >= 15 is 0 Å². The summed E-state index contributed by atoms with van der Waals surface area (Å²) in [4.78, 5) is 26.5. The number of aromatic nitrogens is 3. The highest BCUT2D eigenvalue weighted by Gasteiger charge is 2.24. The summed E-state index contributed by atoms with van der Waals surface area (Å²) < 4.78 is 8.32. The third kappa shape index (κ3) is 3.75. The SMILES string of the molecule is CCCn1nc2n(c1=O)CCN(C(=O)CCc1ccc(OC)cc1)C2. The van der Waals surface area contributed by atoms with Crippen molar-refractivity contribution in [1.29, 1.82) is 0 Å². The molecule has 0 fully saturated rings. The normalized spacial score (nSPS) is 13.6. The molecule has 134 valence electrons. The summed E-state index contributed by atoms with van der Waals surface area (Å²) in [5, 5.41) is 4.37. The highest BCUT2D eigenvalue weighted by Crippen LogP contribution is 2.14. The second kappa shape index (κ2) is 7.55. The van der Waals surface area contributed by atoms with E-state index in [9.17, 15) is 9.59 Å². The van der Waals surface area contributed by atoms with Crippen molar-refractivity contribution in [1.82, 2.24) is 19.2 Å². The first-order valence-corrected chi connectivity index (χ1v) is 8.69. The molecule has 0 aliphatic carbocycles. The van der Waals surface area contributed by atoms with Crippen LogP contribution in [0.4, 0.5) is 0 Å². The molecule has 0 N–H and O–H groups in total. The van der Waals surface area contributed by atoms with Gasteiger partial charge in [0, 0.05) is 26.1 Å². The van der Waals surface area contributed by atoms with Crippen molar-refractivity contribution < 1.29 is 9.53 Å². The molecular weight excluding hydrogens is 320 g/mol. The molecule has 0 saturated heterocycles. The number of benzene rings is 1. The van der Waals surface area contributed by atoms with Gasteiger partial charge in [-0.25, -0.2) is 9.48 Å². The zero-order valence-electron chi connectivity index (χ0n) is 14.8. The topological polar surface area (TPSA) is 69.4 Å². The summed E-state index contributed by atoms with van der Waals surface area (Å²) in [5.74, 6) is 1.59. The minimum absolute atomic E-state index is 0.0674. The predicted octanol–water partition coefficient (Wildman–Crippen LogP) is 1.44. The Kier molecular flexibility index (Phi) is 5.21. The largest absolute Gasteiger partial charge is 0.497 e. The molecule has 7 nitrogen and oxygen atoms in total. The molecule has 3 rings (SSSR count). The second-order valence-corrected chi connectivity index (χ2v) is 6.24. The maximum atomic E-state index is 12.5. The number of nitrogens with zero attached hydrogens (tertiary/aromatic N) is 4. The minimum atomic E-state index is -0.0674. The van der Waals surface area contributed by atoms with Crippen LogP contribution < -0.4 is 10.4 Å². The van der Waals surface area contributed by atoms with Gasteiger partial charge in [-0.15, -0.1) is 0 Å². The van der Waals surface area contributed by atoms with E-state index in [2.05, 4.69) is 5.10 Å². The van der Waals surface area contributed by atoms with Crippen LogP contribution in [0.1, 0.15) is 31.2 Å². The van der Waals surface area contributed by atoms with Gasteiger partial charge in [-0.1, -0.05) is 19.1 Å². The van der Waals surface area contributed by atoms with Crippen LogP contribution in [-0.4, -0.2) is 38.8 Å². The molecule has 0 radical (unpaired) electrons. The van der Waals surface area contributed by atoms with Gasteiger partial charge in [-0.3, -0.25) is 9.36 Å². The van der Waals surface area contributed by atoms with Gasteiger partial charge in [0.25, 0.3) is 0 Å². The Morgan fingerprint density at radius 3 is 2.68 bits per heavy atom. The number of carbonyl (C=O) groups is 1. The predicted molar refractivity (Wildman–Crippen MR) is 93.5 cm³/mol. The molecule has 1 aliphatic rings. The van der Waals surface area contributed by atoms with Gasteiger partial charge in [0.1, 0.15) is 5.75 Å². The maximum Gasteiger partial charge on any atom is 0.346 e. The van der Waals surface area contributed by atoms with Crippen molar-refractivity contribution in [2.45, 2.75) is 45.8 Å². The summed E-state index contributed by atoms with van der Waals surface area (Å²) in [5.41, 5.74) is 1.04. The van der Waals surface area contributed by atoms with Crippen LogP contribution in [-0.2, 0) is 30.8 Å². The molecule has 0 bridgehead atoms. The lowest BCUT2D eigenvalue weighted by molar-refractivity contribution is -0.132. The zero-order valence-corrected chi connectivity index (χ0v) is 14.8. The molecule has 0 saturated carbocycles. The van der Waals surface area contributed by atoms with E-state index in [0.29, 0.717) is 44.8 Å². The molecule has 1 amide bonds. The number of fused-ring (bicyclic) bond motifs is 1. The molecule has 1 aromatic heterocycles. The summed E-state index contributed by atoms with van der Waals surface area (Å²) in [7, 11) is 1.64. The van der Waals surface area contributed by atoms with Gasteiger partial charge in [0.2, 0.25) is 5.91 Å². The van der Waals surface area contributed by atoms with Crippen LogP contribution in [0.25, 0.3) is 0 Å². The zero-order chi connectivity index (χ0) is 17.8. The van der Waals surface area contributed by atoms with Crippen molar-refractivity contribution in [2.24, 2.45) is 0 Å². The third-order valence-electron chi connectivity index (χ3n) is 4.50. The van der Waals surface area contributed by atoms with E-state index < -0.39 is 0 Å². The number of rotatable bonds is 6. The summed E-state index contributed by atoms with van der Waals surface area (Å²) in [6.45, 7) is 4.12. The lowest BCUT2D eigenvalue weighted by atomic mass is 10.1. The second-order valence-electron chi connectivity index (χ2n) is 6.24. The molecule has 25 heavy (non-hydrogen) atoms. The van der Waals surface area contributed by atoms with Gasteiger partial charge in [0.15, 0.2) is 5.82 Å². The van der Waals surface area contributed by atoms with Crippen LogP contribution in [0.2, 0.25) is 0 Å². The Labute approximate surface area is 146 Å². The molecule has 0 spiro atoms. The summed E-state index contributed by atoms with van der Waals surface area (Å²) >= 11 is 0. The van der Waals surface area contributed by atoms with E-state index in [1.54, 1.807) is 16.6 Å². The first-order chi connectivity index (χ1) is 12.1. The van der Waals surface area contributed by atoms with Crippen molar-refractivity contribution >= 4 is 5.91 Å². The lowest BCUT2D eigenvalue weighted by Gasteiger charge is -2.26. The molecule has 7 heteroatoms. The number of methoxy groups -OCH3 is 1. The number of carbonyl (C=O) groups excluding carboxylic acids is 1. The fourth-order valence-electron chi connectivity index (χ4n) is 3.07. The van der Waals surface area contributed by atoms with Crippen molar-refractivity contribution in [2.75, 3.05) is 13.7 Å². The van der Waals surface area contributed by atoms with Gasteiger partial charge in [-0.2, -0.15) is 5.10 Å². The first-order valence-electron chi connectivity index (χ1n) is 8.69. The number of aryl methyl sites for hydroxylation is 2. The molecule has 0 atom stereocenters. The van der Waals surface area contributed by atoms with Crippen molar-refractivity contribution in [3.8, 4) is 5.75 Å². The Hall–Kier alpha value is -2.57. The van der Waals surface area contributed by atoms with Crippen LogP contribution >= 0.6 is 0 Å². The van der Waals surface area contributed by atoms with E-state index in [4.69, 9.17) is 4.74 Å². The highest BCUT2D eigenvalue weighted by atomic mass is 16.5. The molecule has 2 aromatic rings. The number of hydrogen-bond donors (Lipinski definition) is 0. The minimum Gasteiger partial charge on any atom is -0.497 e. The van der Waals surface area contributed by atoms with Crippen LogP contribution in [0.15, 0.2) is 29.1 Å². The van der Waals surface area contributed by atoms with Crippen LogP contribution in [0.3, 0.4) is 0 Å². The summed E-state index contributed by atoms with van der Waals surface area (Å²) in [6.07, 6.45) is 2.00. The molecule has 2 heterocycles. The smallest absolute Gasteiger partial charge is 0.346 e. The fraction of sp³-hybridized carbons (Fsp3) is 0.500. The monoisotopic (exact) mass is 344 g/mol. The lowest BCUT2D eigenvalue weighted by Crippen LogP contribution is -2.41. The Bertz CT molecular complexity index is 792. The first kappa shape index (κ1) is 17.3. The number of hydrogen-bond acceptors (Lipinski definition) is 4. The van der Waals surface area contributed by atoms with Crippen LogP contribution in [0.5, 0.6) is 5.75 Å². The maximum absolute atomic E-state index is 12.5. The number of ether oxygens (including phenoxy) is 1. The average molecular weight is 344 g/mol. The van der Waals surface area contributed by atoms with Gasteiger partial charge in [0.05, 0.1) is 13.7 Å². The van der Waals surface area contributed by atoms with Gasteiger partial charge in [-0.05, 0) is 30.5 Å². The van der Waals surface area contributed by atoms with E-state index in [1.807, 2.05) is 31.2 Å². The highest BCUT2D eigenvalue weighted by molar-refractivity contribution is 5.76.